The fourth-order valence-corrected chi connectivity index (χ4v) is 4.09. The minimum absolute atomic E-state index is 0. The van der Waals surface area contributed by atoms with Crippen LogP contribution < -0.4 is 11.1 Å². The molecular weight excluding hydrogens is 376 g/mol. The van der Waals surface area contributed by atoms with E-state index in [0.29, 0.717) is 17.0 Å². The molecule has 0 fully saturated rings. The van der Waals surface area contributed by atoms with E-state index in [1.807, 2.05) is 30.3 Å². The Labute approximate surface area is 162 Å². The molecule has 0 spiro atoms. The van der Waals surface area contributed by atoms with Gasteiger partial charge in [0.25, 0.3) is 0 Å². The number of thiophene rings is 1. The molecule has 0 radical (unpaired) electrons. The van der Waals surface area contributed by atoms with Crippen molar-refractivity contribution in [1.82, 2.24) is 5.32 Å². The van der Waals surface area contributed by atoms with Gasteiger partial charge in [0.05, 0.1) is 12.7 Å². The number of methoxy groups -OCH3 is 1. The number of carbonyl (C=O) groups excluding carboxylic acids is 2. The van der Waals surface area contributed by atoms with Gasteiger partial charge in [-0.1, -0.05) is 30.3 Å². The maximum Gasteiger partial charge on any atom is 0.407 e. The monoisotopic (exact) mass is 396 g/mol. The number of esters is 1. The molecule has 3 N–H and O–H groups in total. The van der Waals surface area contributed by atoms with Crippen molar-refractivity contribution in [2.75, 3.05) is 12.8 Å². The quantitative estimate of drug-likeness (QED) is 0.773. The van der Waals surface area contributed by atoms with Crippen LogP contribution in [0.3, 0.4) is 0 Å². The second kappa shape index (κ2) is 8.91. The van der Waals surface area contributed by atoms with Crippen LogP contribution in [0.25, 0.3) is 0 Å². The average molecular weight is 397 g/mol. The van der Waals surface area contributed by atoms with Gasteiger partial charge in [-0.2, -0.15) is 0 Å². The van der Waals surface area contributed by atoms with E-state index in [1.54, 1.807) is 0 Å². The number of amides is 1. The van der Waals surface area contributed by atoms with Crippen LogP contribution in [-0.2, 0) is 28.9 Å². The Morgan fingerprint density at radius 2 is 2.04 bits per heavy atom. The molecule has 0 saturated carbocycles. The van der Waals surface area contributed by atoms with Crippen molar-refractivity contribution in [2.24, 2.45) is 0 Å². The standard InChI is InChI=1S/C18H20N2O4S.ClH/c1-23-17(21)15-13-9-12(7-8-14(13)25-16(15)19)20-18(22)24-10-11-5-3-2-4-6-11;/h2-6,12H,7-10,19H2,1H3,(H,20,22);1H/t12-;/m0./s1. The van der Waals surface area contributed by atoms with Crippen LogP contribution in [0.2, 0.25) is 0 Å². The van der Waals surface area contributed by atoms with Gasteiger partial charge >= 0.3 is 12.1 Å². The zero-order chi connectivity index (χ0) is 17.8. The minimum atomic E-state index is -0.458. The van der Waals surface area contributed by atoms with Gasteiger partial charge in [-0.15, -0.1) is 23.7 Å². The highest BCUT2D eigenvalue weighted by atomic mass is 35.5. The van der Waals surface area contributed by atoms with Gasteiger partial charge in [-0.3, -0.25) is 0 Å². The summed E-state index contributed by atoms with van der Waals surface area (Å²) < 4.78 is 10.1. The van der Waals surface area contributed by atoms with Gasteiger partial charge < -0.3 is 20.5 Å². The Hall–Kier alpha value is -2.25. The van der Waals surface area contributed by atoms with Gasteiger partial charge in [0.2, 0.25) is 0 Å². The van der Waals surface area contributed by atoms with E-state index in [4.69, 9.17) is 15.2 Å². The third-order valence-corrected chi connectivity index (χ3v) is 5.33. The predicted molar refractivity (Wildman–Crippen MR) is 103 cm³/mol. The van der Waals surface area contributed by atoms with E-state index >= 15 is 0 Å². The summed E-state index contributed by atoms with van der Waals surface area (Å²) in [6.45, 7) is 0.226. The number of hydrogen-bond donors (Lipinski definition) is 2. The van der Waals surface area contributed by atoms with Gasteiger partial charge in [-0.25, -0.2) is 9.59 Å². The summed E-state index contributed by atoms with van der Waals surface area (Å²) in [6, 6.07) is 9.42. The second-order valence-electron chi connectivity index (χ2n) is 5.88. The largest absolute Gasteiger partial charge is 0.465 e. The summed E-state index contributed by atoms with van der Waals surface area (Å²) in [5.41, 5.74) is 8.21. The topological polar surface area (TPSA) is 90.6 Å². The van der Waals surface area contributed by atoms with Crippen LogP contribution in [0.1, 0.15) is 32.8 Å². The molecule has 1 heterocycles. The number of halogens is 1. The van der Waals surface area contributed by atoms with E-state index in [0.717, 1.165) is 28.8 Å². The van der Waals surface area contributed by atoms with Crippen molar-refractivity contribution in [2.45, 2.75) is 31.9 Å². The van der Waals surface area contributed by atoms with Gasteiger partial charge in [0, 0.05) is 10.9 Å². The lowest BCUT2D eigenvalue weighted by molar-refractivity contribution is 0.0601. The molecule has 140 valence electrons. The van der Waals surface area contributed by atoms with E-state index < -0.39 is 12.1 Å². The van der Waals surface area contributed by atoms with Crippen molar-refractivity contribution < 1.29 is 19.1 Å². The molecule has 2 aromatic rings. The highest BCUT2D eigenvalue weighted by molar-refractivity contribution is 7.16. The molecule has 1 aliphatic carbocycles. The molecule has 0 unspecified atom stereocenters. The zero-order valence-electron chi connectivity index (χ0n) is 14.3. The minimum Gasteiger partial charge on any atom is -0.465 e. The summed E-state index contributed by atoms with van der Waals surface area (Å²) in [5.74, 6) is -0.428. The number of fused-ring (bicyclic) bond motifs is 1. The number of benzene rings is 1. The molecule has 1 atom stereocenters. The summed E-state index contributed by atoms with van der Waals surface area (Å²) in [6.07, 6.45) is 1.65. The predicted octanol–water partition coefficient (Wildman–Crippen LogP) is 3.32. The van der Waals surface area contributed by atoms with Crippen LogP contribution in [-0.4, -0.2) is 25.2 Å². The first-order valence-electron chi connectivity index (χ1n) is 8.04. The maximum absolute atomic E-state index is 12.0. The van der Waals surface area contributed by atoms with Crippen molar-refractivity contribution in [3.05, 3.63) is 51.9 Å². The Kier molecular flexibility index (Phi) is 6.88. The third kappa shape index (κ3) is 4.47. The molecule has 0 bridgehead atoms. The van der Waals surface area contributed by atoms with Crippen molar-refractivity contribution in [3.63, 3.8) is 0 Å². The Balaban J connectivity index is 0.00000243. The number of ether oxygens (including phenoxy) is 2. The molecule has 3 rings (SSSR count). The van der Waals surface area contributed by atoms with Crippen LogP contribution in [0, 0.1) is 0 Å². The lowest BCUT2D eigenvalue weighted by Crippen LogP contribution is -2.39. The molecule has 1 aromatic heterocycles. The molecule has 0 saturated heterocycles. The molecular formula is C18H21ClN2O4S. The summed E-state index contributed by atoms with van der Waals surface area (Å²) in [5, 5.41) is 3.35. The summed E-state index contributed by atoms with van der Waals surface area (Å²) in [4.78, 5) is 25.1. The van der Waals surface area contributed by atoms with Crippen molar-refractivity contribution in [3.8, 4) is 0 Å². The number of alkyl carbamates (subject to hydrolysis) is 1. The number of carbonyl (C=O) groups is 2. The normalized spacial score (nSPS) is 15.3. The number of nitrogen functional groups attached to an aromatic ring is 1. The molecule has 1 amide bonds. The van der Waals surface area contributed by atoms with Crippen molar-refractivity contribution >= 4 is 40.8 Å². The maximum atomic E-state index is 12.0. The number of aryl methyl sites for hydroxylation is 1. The number of nitrogens with two attached hydrogens (primary N) is 1. The first kappa shape index (κ1) is 20.1. The Morgan fingerprint density at radius 1 is 1.31 bits per heavy atom. The molecule has 6 nitrogen and oxygen atoms in total. The Morgan fingerprint density at radius 3 is 2.73 bits per heavy atom. The zero-order valence-corrected chi connectivity index (χ0v) is 16.0. The van der Waals surface area contributed by atoms with Gasteiger partial charge in [0.1, 0.15) is 11.6 Å². The van der Waals surface area contributed by atoms with E-state index in [1.165, 1.54) is 18.4 Å². The van der Waals surface area contributed by atoms with Gasteiger partial charge in [0.15, 0.2) is 0 Å². The highest BCUT2D eigenvalue weighted by Gasteiger charge is 2.29. The first-order chi connectivity index (χ1) is 12.1. The SMILES string of the molecule is COC(=O)c1c(N)sc2c1C[C@@H](NC(=O)OCc1ccccc1)CC2.Cl. The molecule has 1 aromatic carbocycles. The molecule has 8 heteroatoms. The van der Waals surface area contributed by atoms with Crippen molar-refractivity contribution in [1.29, 1.82) is 0 Å². The number of hydrogen-bond acceptors (Lipinski definition) is 6. The number of nitrogens with one attached hydrogen (secondary N) is 1. The van der Waals surface area contributed by atoms with E-state index in [-0.39, 0.29) is 25.1 Å². The third-order valence-electron chi connectivity index (χ3n) is 4.21. The second-order valence-corrected chi connectivity index (χ2v) is 7.02. The van der Waals surface area contributed by atoms with Crippen LogP contribution in [0.4, 0.5) is 9.80 Å². The van der Waals surface area contributed by atoms with Crippen LogP contribution in [0.5, 0.6) is 0 Å². The first-order valence-corrected chi connectivity index (χ1v) is 8.85. The highest BCUT2D eigenvalue weighted by Crippen LogP contribution is 2.36. The van der Waals surface area contributed by atoms with E-state index in [9.17, 15) is 9.59 Å². The number of anilines is 1. The smallest absolute Gasteiger partial charge is 0.407 e. The Bertz CT molecular complexity index is 779. The number of rotatable bonds is 4. The van der Waals surface area contributed by atoms with Crippen LogP contribution >= 0.6 is 23.7 Å². The fourth-order valence-electron chi connectivity index (χ4n) is 2.99. The fraction of sp³-hybridized carbons (Fsp3) is 0.333. The molecule has 26 heavy (non-hydrogen) atoms. The lowest BCUT2D eigenvalue weighted by Gasteiger charge is -2.23. The van der Waals surface area contributed by atoms with Gasteiger partial charge in [-0.05, 0) is 30.4 Å². The summed E-state index contributed by atoms with van der Waals surface area (Å²) >= 11 is 1.42. The van der Waals surface area contributed by atoms with E-state index in [2.05, 4.69) is 5.32 Å². The summed E-state index contributed by atoms with van der Waals surface area (Å²) in [7, 11) is 1.34. The average Bonchev–Trinajstić information content (AvgIpc) is 2.95. The van der Waals surface area contributed by atoms with Crippen LogP contribution in [0.15, 0.2) is 30.3 Å². The molecule has 0 aliphatic heterocycles. The lowest BCUT2D eigenvalue weighted by atomic mass is 9.91. The molecule has 1 aliphatic rings.